The van der Waals surface area contributed by atoms with Crippen molar-refractivity contribution in [3.05, 3.63) is 0 Å². The van der Waals surface area contributed by atoms with E-state index in [9.17, 15) is 4.79 Å². The van der Waals surface area contributed by atoms with Crippen molar-refractivity contribution in [1.29, 1.82) is 0 Å². The molecule has 0 fully saturated rings. The van der Waals surface area contributed by atoms with Gasteiger partial charge in [-0.05, 0) is 0 Å². The standard InChI is InChI=1S/C3H6O3.Ca.2H/c1-6-2-3(4)5;;;/h2H2,1H3,(H,4,5);;;/q;+2;2*-1. The van der Waals surface area contributed by atoms with E-state index >= 15 is 0 Å². The van der Waals surface area contributed by atoms with E-state index in [-0.39, 0.29) is 47.2 Å². The van der Waals surface area contributed by atoms with Crippen LogP contribution in [0.4, 0.5) is 0 Å². The Morgan fingerprint density at radius 2 is 2.43 bits per heavy atom. The Kier molecular flexibility index (Phi) is 10.2. The second-order valence-corrected chi connectivity index (χ2v) is 0.827. The monoisotopic (exact) mass is 132 g/mol. The summed E-state index contributed by atoms with van der Waals surface area (Å²) in [6.45, 7) is -0.208. The molecule has 0 saturated carbocycles. The van der Waals surface area contributed by atoms with Crippen molar-refractivity contribution < 1.29 is 17.5 Å². The van der Waals surface area contributed by atoms with Gasteiger partial charge < -0.3 is 12.7 Å². The molecular formula is C3H8CaO3. The third-order valence-electron chi connectivity index (χ3n) is 0.268. The molecular weight excluding hydrogens is 124 g/mol. The molecule has 40 valence electrons. The molecule has 0 aliphatic heterocycles. The molecule has 0 aromatic carbocycles. The molecule has 0 heterocycles. The molecule has 4 heteroatoms. The Morgan fingerprint density at radius 3 is 2.43 bits per heavy atom. The predicted octanol–water partition coefficient (Wildman–Crippen LogP) is -0.438. The molecule has 0 aromatic rings. The topological polar surface area (TPSA) is 46.5 Å². The van der Waals surface area contributed by atoms with Gasteiger partial charge in [0.1, 0.15) is 6.61 Å². The predicted molar refractivity (Wildman–Crippen MR) is 27.5 cm³/mol. The summed E-state index contributed by atoms with van der Waals surface area (Å²) in [5.41, 5.74) is 0. The minimum absolute atomic E-state index is 0. The molecule has 0 saturated heterocycles. The first-order valence-corrected chi connectivity index (χ1v) is 1.48. The maximum Gasteiger partial charge on any atom is 2.00 e. The molecule has 0 unspecified atom stereocenters. The molecule has 0 aromatic heterocycles. The molecule has 0 aliphatic rings. The van der Waals surface area contributed by atoms with E-state index in [4.69, 9.17) is 5.11 Å². The number of carboxylic acids is 1. The summed E-state index contributed by atoms with van der Waals surface area (Å²) < 4.78 is 4.20. The average molecular weight is 132 g/mol. The van der Waals surface area contributed by atoms with Crippen LogP contribution in [-0.2, 0) is 9.53 Å². The summed E-state index contributed by atoms with van der Waals surface area (Å²) in [7, 11) is 1.34. The summed E-state index contributed by atoms with van der Waals surface area (Å²) in [5, 5.41) is 7.79. The van der Waals surface area contributed by atoms with E-state index in [1.54, 1.807) is 0 Å². The Bertz CT molecular complexity index is 61.0. The quantitative estimate of drug-likeness (QED) is 0.518. The van der Waals surface area contributed by atoms with Crippen molar-refractivity contribution in [2.45, 2.75) is 0 Å². The molecule has 0 bridgehead atoms. The van der Waals surface area contributed by atoms with E-state index in [2.05, 4.69) is 4.74 Å². The third kappa shape index (κ3) is 10.8. The second kappa shape index (κ2) is 6.69. The SMILES string of the molecule is COCC(=O)O.[Ca+2].[H-].[H-]. The van der Waals surface area contributed by atoms with E-state index in [1.165, 1.54) is 7.11 Å². The number of carboxylic acid groups (broad SMARTS) is 1. The number of carbonyl (C=O) groups is 1. The van der Waals surface area contributed by atoms with Gasteiger partial charge in [0.15, 0.2) is 0 Å². The van der Waals surface area contributed by atoms with Crippen molar-refractivity contribution in [2.75, 3.05) is 13.7 Å². The van der Waals surface area contributed by atoms with Gasteiger partial charge in [-0.25, -0.2) is 4.79 Å². The zero-order valence-electron chi connectivity index (χ0n) is 6.18. The number of hydrogen-bond donors (Lipinski definition) is 1. The van der Waals surface area contributed by atoms with Crippen LogP contribution < -0.4 is 0 Å². The number of hydrogen-bond acceptors (Lipinski definition) is 2. The largest absolute Gasteiger partial charge is 2.00 e. The summed E-state index contributed by atoms with van der Waals surface area (Å²) in [4.78, 5) is 9.47. The van der Waals surface area contributed by atoms with Crippen LogP contribution in [0, 0.1) is 0 Å². The van der Waals surface area contributed by atoms with Gasteiger partial charge in [0.2, 0.25) is 0 Å². The third-order valence-corrected chi connectivity index (χ3v) is 0.268. The molecule has 0 spiro atoms. The van der Waals surface area contributed by atoms with Gasteiger partial charge in [0.25, 0.3) is 0 Å². The van der Waals surface area contributed by atoms with Crippen LogP contribution in [0.15, 0.2) is 0 Å². The zero-order chi connectivity index (χ0) is 4.99. The first kappa shape index (κ1) is 10.6. The maximum absolute atomic E-state index is 9.47. The van der Waals surface area contributed by atoms with Crippen LogP contribution in [0.25, 0.3) is 0 Å². The fourth-order valence-corrected chi connectivity index (χ4v) is 0.123. The van der Waals surface area contributed by atoms with Crippen molar-refractivity contribution in [3.8, 4) is 0 Å². The molecule has 1 N–H and O–H groups in total. The van der Waals surface area contributed by atoms with E-state index in [0.29, 0.717) is 0 Å². The van der Waals surface area contributed by atoms with Crippen molar-refractivity contribution in [2.24, 2.45) is 0 Å². The second-order valence-electron chi connectivity index (χ2n) is 0.827. The summed E-state index contributed by atoms with van der Waals surface area (Å²) in [6, 6.07) is 0. The molecule has 0 rings (SSSR count). The molecule has 0 radical (unpaired) electrons. The summed E-state index contributed by atoms with van der Waals surface area (Å²) in [5.74, 6) is -0.933. The molecule has 0 aliphatic carbocycles. The first-order valence-electron chi connectivity index (χ1n) is 1.48. The van der Waals surface area contributed by atoms with E-state index in [0.717, 1.165) is 0 Å². The van der Waals surface area contributed by atoms with Gasteiger partial charge in [-0.1, -0.05) is 0 Å². The van der Waals surface area contributed by atoms with Crippen LogP contribution in [0.5, 0.6) is 0 Å². The number of aliphatic carboxylic acids is 1. The van der Waals surface area contributed by atoms with Gasteiger partial charge >= 0.3 is 43.7 Å². The molecule has 3 nitrogen and oxygen atoms in total. The smallest absolute Gasteiger partial charge is 1.00 e. The van der Waals surface area contributed by atoms with Gasteiger partial charge in [-0.3, -0.25) is 0 Å². The minimum atomic E-state index is -0.933. The van der Waals surface area contributed by atoms with Crippen molar-refractivity contribution in [1.82, 2.24) is 0 Å². The first-order chi connectivity index (χ1) is 2.77. The van der Waals surface area contributed by atoms with Gasteiger partial charge in [0, 0.05) is 7.11 Å². The molecule has 7 heavy (non-hydrogen) atoms. The maximum atomic E-state index is 9.47. The van der Waals surface area contributed by atoms with Crippen LogP contribution in [0.3, 0.4) is 0 Å². The number of ether oxygens (including phenoxy) is 1. The minimum Gasteiger partial charge on any atom is -1.00 e. The number of methoxy groups -OCH3 is 1. The van der Waals surface area contributed by atoms with Gasteiger partial charge in [0.05, 0.1) is 0 Å². The van der Waals surface area contributed by atoms with Gasteiger partial charge in [-0.15, -0.1) is 0 Å². The van der Waals surface area contributed by atoms with Crippen LogP contribution in [0.2, 0.25) is 0 Å². The Morgan fingerprint density at radius 1 is 2.00 bits per heavy atom. The van der Waals surface area contributed by atoms with E-state index in [1.807, 2.05) is 0 Å². The van der Waals surface area contributed by atoms with Crippen LogP contribution in [0.1, 0.15) is 2.85 Å². The van der Waals surface area contributed by atoms with E-state index < -0.39 is 5.97 Å². The average Bonchev–Trinajstić information content (AvgIpc) is 1.35. The van der Waals surface area contributed by atoms with Crippen molar-refractivity contribution >= 4 is 43.7 Å². The number of rotatable bonds is 2. The fourth-order valence-electron chi connectivity index (χ4n) is 0.123. The normalized spacial score (nSPS) is 7.00. The fraction of sp³-hybridized carbons (Fsp3) is 0.667. The van der Waals surface area contributed by atoms with Gasteiger partial charge in [-0.2, -0.15) is 0 Å². The Balaban J connectivity index is -0.0000000417. The van der Waals surface area contributed by atoms with Crippen LogP contribution in [-0.4, -0.2) is 62.5 Å². The molecule has 0 atom stereocenters. The Hall–Kier alpha value is 0.690. The van der Waals surface area contributed by atoms with Crippen molar-refractivity contribution in [3.63, 3.8) is 0 Å². The summed E-state index contributed by atoms with van der Waals surface area (Å²) in [6.07, 6.45) is 0. The van der Waals surface area contributed by atoms with Crippen LogP contribution >= 0.6 is 0 Å². The zero-order valence-corrected chi connectivity index (χ0v) is 6.39. The molecule has 0 amide bonds. The Labute approximate surface area is 74.6 Å². The summed E-state index contributed by atoms with van der Waals surface area (Å²) >= 11 is 0.